The Morgan fingerprint density at radius 1 is 1.14 bits per heavy atom. The van der Waals surface area contributed by atoms with Crippen molar-refractivity contribution in [2.75, 3.05) is 12.4 Å². The molecule has 1 unspecified atom stereocenters. The predicted molar refractivity (Wildman–Crippen MR) is 131 cm³/mol. The summed E-state index contributed by atoms with van der Waals surface area (Å²) < 4.78 is 42.4. The second-order valence-electron chi connectivity index (χ2n) is 10.6. The first-order valence-electron chi connectivity index (χ1n) is 12.3. The Morgan fingerprint density at radius 3 is 2.47 bits per heavy atom. The van der Waals surface area contributed by atoms with Crippen LogP contribution in [-0.2, 0) is 21.4 Å². The van der Waals surface area contributed by atoms with Crippen LogP contribution in [0.1, 0.15) is 62.9 Å². The first-order chi connectivity index (χ1) is 16.9. The maximum Gasteiger partial charge on any atom is 0.414 e. The Labute approximate surface area is 209 Å². The number of amides is 2. The number of nitrogens with zero attached hydrogens (tertiary/aromatic N) is 2. The van der Waals surface area contributed by atoms with Crippen LogP contribution in [0.5, 0.6) is 0 Å². The fourth-order valence-electron chi connectivity index (χ4n) is 5.70. The van der Waals surface area contributed by atoms with Crippen LogP contribution in [0.2, 0.25) is 0 Å². The quantitative estimate of drug-likeness (QED) is 0.597. The summed E-state index contributed by atoms with van der Waals surface area (Å²) in [5, 5.41) is 6.19. The van der Waals surface area contributed by atoms with Gasteiger partial charge in [0.1, 0.15) is 0 Å². The molecular weight excluding hydrogens is 469 g/mol. The number of hydrogen-bond donors (Lipinski definition) is 2. The average molecular weight is 503 g/mol. The van der Waals surface area contributed by atoms with Crippen LogP contribution >= 0.6 is 0 Å². The van der Waals surface area contributed by atoms with E-state index in [1.807, 2.05) is 12.1 Å². The van der Waals surface area contributed by atoms with Crippen molar-refractivity contribution >= 4 is 17.5 Å². The smallest absolute Gasteiger partial charge is 0.380 e. The van der Waals surface area contributed by atoms with Gasteiger partial charge in [-0.1, -0.05) is 38.1 Å². The van der Waals surface area contributed by atoms with Crippen LogP contribution in [0.25, 0.3) is 0 Å². The molecule has 1 aromatic carbocycles. The molecule has 0 aliphatic heterocycles. The Bertz CT molecular complexity index is 1120. The Kier molecular flexibility index (Phi) is 7.03. The van der Waals surface area contributed by atoms with Crippen LogP contribution in [0.15, 0.2) is 42.6 Å². The van der Waals surface area contributed by atoms with Crippen LogP contribution in [-0.4, -0.2) is 47.0 Å². The molecule has 2 amide bonds. The topological polar surface area (TPSA) is 74.3 Å². The van der Waals surface area contributed by atoms with E-state index in [2.05, 4.69) is 41.6 Å². The molecule has 2 aliphatic rings. The largest absolute Gasteiger partial charge is 0.414 e. The van der Waals surface area contributed by atoms with Gasteiger partial charge in [0.15, 0.2) is 6.04 Å². The molecule has 4 rings (SSSR count). The summed E-state index contributed by atoms with van der Waals surface area (Å²) in [4.78, 5) is 29.2. The van der Waals surface area contributed by atoms with E-state index in [-0.39, 0.29) is 29.1 Å². The number of halogens is 3. The van der Waals surface area contributed by atoms with Crippen molar-refractivity contribution in [2.24, 2.45) is 5.92 Å². The minimum absolute atomic E-state index is 0.0733. The first kappa shape index (κ1) is 26.0. The van der Waals surface area contributed by atoms with E-state index in [1.54, 1.807) is 6.07 Å². The molecule has 4 atom stereocenters. The van der Waals surface area contributed by atoms with E-state index < -0.39 is 24.0 Å². The third kappa shape index (κ3) is 5.20. The molecular formula is C27H33F3N4O2. The number of carbonyl (C=O) groups is 2. The van der Waals surface area contributed by atoms with Crippen molar-refractivity contribution in [3.63, 3.8) is 0 Å². The molecule has 1 heterocycles. The number of carbonyl (C=O) groups excluding carboxylic acids is 2. The molecule has 36 heavy (non-hydrogen) atoms. The van der Waals surface area contributed by atoms with Crippen molar-refractivity contribution in [2.45, 2.75) is 76.2 Å². The molecule has 2 N–H and O–H groups in total. The van der Waals surface area contributed by atoms with Crippen LogP contribution < -0.4 is 10.6 Å². The number of nitrogens with one attached hydrogen (secondary N) is 2. The summed E-state index contributed by atoms with van der Waals surface area (Å²) in [6.07, 6.45) is -1.11. The lowest BCUT2D eigenvalue weighted by Crippen LogP contribution is -2.43. The second kappa shape index (κ2) is 9.75. The maximum atomic E-state index is 14.1. The summed E-state index contributed by atoms with van der Waals surface area (Å²) in [5.41, 5.74) is 2.78. The van der Waals surface area contributed by atoms with Gasteiger partial charge in [0.2, 0.25) is 11.8 Å². The molecule has 0 spiro atoms. The van der Waals surface area contributed by atoms with Gasteiger partial charge in [-0.25, -0.2) is 0 Å². The van der Waals surface area contributed by atoms with Gasteiger partial charge in [-0.15, -0.1) is 0 Å². The van der Waals surface area contributed by atoms with E-state index >= 15 is 0 Å². The minimum atomic E-state index is -4.68. The van der Waals surface area contributed by atoms with Crippen LogP contribution in [0, 0.1) is 5.92 Å². The van der Waals surface area contributed by atoms with E-state index in [0.717, 1.165) is 11.3 Å². The zero-order chi connectivity index (χ0) is 26.3. The average Bonchev–Trinajstić information content (AvgIpc) is 3.35. The van der Waals surface area contributed by atoms with E-state index in [9.17, 15) is 22.8 Å². The SMILES string of the molecule is CC(=O)N[C@H]1CC[C@@H](C(=O)N(C)[C@@H](c2ccc(NC3Cc4ccccc4C3(C)C)cn2)C(F)(F)F)C1. The summed E-state index contributed by atoms with van der Waals surface area (Å²) in [6.45, 7) is 5.69. The number of hydrogen-bond acceptors (Lipinski definition) is 4. The molecule has 2 aliphatic carbocycles. The fourth-order valence-corrected chi connectivity index (χ4v) is 5.70. The lowest BCUT2D eigenvalue weighted by molar-refractivity contribution is -0.191. The molecule has 0 bridgehead atoms. The van der Waals surface area contributed by atoms with Crippen molar-refractivity contribution in [1.29, 1.82) is 0 Å². The lowest BCUT2D eigenvalue weighted by Gasteiger charge is -2.32. The van der Waals surface area contributed by atoms with Crippen molar-refractivity contribution < 1.29 is 22.8 Å². The second-order valence-corrected chi connectivity index (χ2v) is 10.6. The predicted octanol–water partition coefficient (Wildman–Crippen LogP) is 4.76. The molecule has 9 heteroatoms. The van der Waals surface area contributed by atoms with Crippen molar-refractivity contribution in [3.05, 3.63) is 59.4 Å². The molecule has 2 aromatic rings. The number of rotatable bonds is 6. The molecule has 6 nitrogen and oxygen atoms in total. The molecule has 1 aromatic heterocycles. The highest BCUT2D eigenvalue weighted by Crippen LogP contribution is 2.41. The summed E-state index contributed by atoms with van der Waals surface area (Å²) >= 11 is 0. The zero-order valence-corrected chi connectivity index (χ0v) is 21.0. The number of aromatic nitrogens is 1. The van der Waals surface area contributed by atoms with Gasteiger partial charge in [-0.05, 0) is 48.9 Å². The highest BCUT2D eigenvalue weighted by Gasteiger charge is 2.48. The summed E-state index contributed by atoms with van der Waals surface area (Å²) in [6, 6.07) is 8.91. The van der Waals surface area contributed by atoms with E-state index in [0.29, 0.717) is 24.9 Å². The summed E-state index contributed by atoms with van der Waals surface area (Å²) in [5.74, 6) is -1.36. The molecule has 1 saturated carbocycles. The molecule has 1 fully saturated rings. The highest BCUT2D eigenvalue weighted by molar-refractivity contribution is 5.80. The standard InChI is InChI=1S/C27H33F3N4O2/c1-16(35)32-19-10-9-18(13-19)25(36)34(4)24(27(28,29)30)22-12-11-20(15-31-22)33-23-14-17-7-5-6-8-21(17)26(23,2)3/h5-8,11-12,15,18-19,23-24,33H,9-10,13-14H2,1-4H3,(H,32,35)/t18-,19+,23?,24+/m1/s1. The van der Waals surface area contributed by atoms with Crippen molar-refractivity contribution in [3.8, 4) is 0 Å². The third-order valence-electron chi connectivity index (χ3n) is 7.65. The van der Waals surface area contributed by atoms with Gasteiger partial charge < -0.3 is 15.5 Å². The fraction of sp³-hybridized carbons (Fsp3) is 0.519. The number of pyridine rings is 1. The van der Waals surface area contributed by atoms with Gasteiger partial charge >= 0.3 is 6.18 Å². The van der Waals surface area contributed by atoms with Gasteiger partial charge in [-0.3, -0.25) is 14.6 Å². The van der Waals surface area contributed by atoms with Gasteiger partial charge in [-0.2, -0.15) is 13.2 Å². The molecule has 0 radical (unpaired) electrons. The molecule has 194 valence electrons. The highest BCUT2D eigenvalue weighted by atomic mass is 19.4. The summed E-state index contributed by atoms with van der Waals surface area (Å²) in [7, 11) is 1.18. The monoisotopic (exact) mass is 502 g/mol. The Hall–Kier alpha value is -3.10. The van der Waals surface area contributed by atoms with Crippen molar-refractivity contribution in [1.82, 2.24) is 15.2 Å². The molecule has 0 saturated heterocycles. The first-order valence-corrected chi connectivity index (χ1v) is 12.3. The van der Waals surface area contributed by atoms with Gasteiger partial charge in [0.05, 0.1) is 17.6 Å². The zero-order valence-electron chi connectivity index (χ0n) is 21.0. The lowest BCUT2D eigenvalue weighted by atomic mass is 9.83. The van der Waals surface area contributed by atoms with E-state index in [4.69, 9.17) is 0 Å². The Morgan fingerprint density at radius 2 is 1.86 bits per heavy atom. The maximum absolute atomic E-state index is 14.1. The number of fused-ring (bicyclic) bond motifs is 1. The number of alkyl halides is 3. The van der Waals surface area contributed by atoms with E-state index in [1.165, 1.54) is 37.4 Å². The van der Waals surface area contributed by atoms with Crippen LogP contribution in [0.3, 0.4) is 0 Å². The van der Waals surface area contributed by atoms with Gasteiger partial charge in [0.25, 0.3) is 0 Å². The number of anilines is 1. The third-order valence-corrected chi connectivity index (χ3v) is 7.65. The van der Waals surface area contributed by atoms with Crippen LogP contribution in [0.4, 0.5) is 18.9 Å². The normalized spacial score (nSPS) is 23.6. The Balaban J connectivity index is 1.48. The minimum Gasteiger partial charge on any atom is -0.380 e. The van der Waals surface area contributed by atoms with Gasteiger partial charge in [0, 0.05) is 37.4 Å². The number of benzene rings is 1.